The minimum Gasteiger partial charge on any atom is -0.310 e. The van der Waals surface area contributed by atoms with Crippen LogP contribution in [0.4, 0.5) is 10.8 Å². The number of para-hydroxylation sites is 1. The number of carbonyl (C=O) groups excluding carboxylic acids is 3. The van der Waals surface area contributed by atoms with Crippen LogP contribution in [0.25, 0.3) is 0 Å². The third-order valence-electron chi connectivity index (χ3n) is 4.46. The summed E-state index contributed by atoms with van der Waals surface area (Å²) in [6.07, 6.45) is 2.41. The highest BCUT2D eigenvalue weighted by atomic mass is 32.1. The quantitative estimate of drug-likeness (QED) is 0.844. The minimum absolute atomic E-state index is 0.315. The number of rotatable bonds is 4. The molecule has 3 heterocycles. The highest BCUT2D eigenvalue weighted by molar-refractivity contribution is 7.15. The monoisotopic (exact) mass is 356 g/mol. The zero-order chi connectivity index (χ0) is 17.6. The van der Waals surface area contributed by atoms with Crippen LogP contribution in [0.3, 0.4) is 0 Å². The molecule has 1 unspecified atom stereocenters. The summed E-state index contributed by atoms with van der Waals surface area (Å²) in [6.45, 7) is 2.53. The molecular weight excluding hydrogens is 340 g/mol. The molecule has 1 N–H and O–H groups in total. The average molecular weight is 356 g/mol. The molecule has 0 aliphatic carbocycles. The first-order valence-corrected chi connectivity index (χ1v) is 9.02. The summed E-state index contributed by atoms with van der Waals surface area (Å²) in [4.78, 5) is 39.6. The van der Waals surface area contributed by atoms with E-state index >= 15 is 0 Å². The fourth-order valence-electron chi connectivity index (χ4n) is 3.33. The number of aromatic nitrogens is 2. The van der Waals surface area contributed by atoms with Crippen molar-refractivity contribution in [2.45, 2.75) is 26.2 Å². The molecule has 0 radical (unpaired) electrons. The number of aryl methyl sites for hydroxylation is 1. The lowest BCUT2D eigenvalue weighted by molar-refractivity contribution is -0.129. The van der Waals surface area contributed by atoms with Crippen molar-refractivity contribution >= 4 is 39.8 Å². The van der Waals surface area contributed by atoms with Gasteiger partial charge in [0, 0.05) is 18.5 Å². The van der Waals surface area contributed by atoms with Gasteiger partial charge in [-0.3, -0.25) is 19.7 Å². The summed E-state index contributed by atoms with van der Waals surface area (Å²) in [5.74, 6) is -2.91. The predicted molar refractivity (Wildman–Crippen MR) is 92.9 cm³/mol. The van der Waals surface area contributed by atoms with Crippen molar-refractivity contribution in [2.24, 2.45) is 5.92 Å². The fraction of sp³-hybridized carbons (Fsp3) is 0.353. The first-order chi connectivity index (χ1) is 12.1. The Morgan fingerprint density at radius 3 is 3.00 bits per heavy atom. The second kappa shape index (κ2) is 6.03. The molecule has 7 nitrogen and oxygen atoms in total. The number of Topliss-reactive ketones (excluding diaryl/α,β-unsaturated/α-hetero) is 1. The lowest BCUT2D eigenvalue weighted by Crippen LogP contribution is -2.48. The van der Waals surface area contributed by atoms with E-state index in [0.29, 0.717) is 29.3 Å². The second-order valence-corrected chi connectivity index (χ2v) is 7.15. The van der Waals surface area contributed by atoms with Crippen molar-refractivity contribution in [1.29, 1.82) is 0 Å². The van der Waals surface area contributed by atoms with Gasteiger partial charge in [-0.2, -0.15) is 0 Å². The Balaban J connectivity index is 1.61. The van der Waals surface area contributed by atoms with E-state index in [4.69, 9.17) is 0 Å². The molecule has 0 spiro atoms. The molecule has 8 heteroatoms. The summed E-state index contributed by atoms with van der Waals surface area (Å²) >= 11 is 1.26. The number of hydrogen-bond acceptors (Lipinski definition) is 6. The largest absolute Gasteiger partial charge is 0.310 e. The van der Waals surface area contributed by atoms with Gasteiger partial charge < -0.3 is 4.90 Å². The fourth-order valence-corrected chi connectivity index (χ4v) is 4.17. The van der Waals surface area contributed by atoms with Gasteiger partial charge in [-0.1, -0.05) is 30.4 Å². The van der Waals surface area contributed by atoms with E-state index in [1.807, 2.05) is 13.0 Å². The van der Waals surface area contributed by atoms with Gasteiger partial charge in [0.2, 0.25) is 16.9 Å². The van der Waals surface area contributed by atoms with Crippen molar-refractivity contribution in [2.75, 3.05) is 16.8 Å². The smallest absolute Gasteiger partial charge is 0.247 e. The van der Waals surface area contributed by atoms with Crippen molar-refractivity contribution in [3.05, 3.63) is 34.3 Å². The predicted octanol–water partition coefficient (Wildman–Crippen LogP) is 1.83. The zero-order valence-electron chi connectivity index (χ0n) is 13.6. The van der Waals surface area contributed by atoms with Crippen LogP contribution < -0.4 is 10.2 Å². The lowest BCUT2D eigenvalue weighted by Gasteiger charge is -2.29. The SMILES string of the molecule is CCCc1nnc(NC(=O)C2C(=O)c3cccc4c3N(CC4)C2=O)s1. The minimum atomic E-state index is -1.36. The Morgan fingerprint density at radius 1 is 1.36 bits per heavy atom. The molecule has 0 saturated heterocycles. The molecule has 1 atom stereocenters. The first kappa shape index (κ1) is 15.9. The number of hydrogen-bond donors (Lipinski definition) is 1. The van der Waals surface area contributed by atoms with E-state index < -0.39 is 23.5 Å². The number of amides is 2. The summed E-state index contributed by atoms with van der Waals surface area (Å²) < 4.78 is 0. The second-order valence-electron chi connectivity index (χ2n) is 6.09. The average Bonchev–Trinajstić information content (AvgIpc) is 3.21. The van der Waals surface area contributed by atoms with E-state index in [0.717, 1.165) is 23.4 Å². The van der Waals surface area contributed by atoms with Crippen molar-refractivity contribution in [1.82, 2.24) is 10.2 Å². The number of benzene rings is 1. The Kier molecular flexibility index (Phi) is 3.84. The maximum Gasteiger partial charge on any atom is 0.247 e. The molecule has 1 aromatic carbocycles. The summed E-state index contributed by atoms with van der Waals surface area (Å²) in [7, 11) is 0. The third kappa shape index (κ3) is 2.53. The van der Waals surface area contributed by atoms with E-state index in [1.54, 1.807) is 17.0 Å². The highest BCUT2D eigenvalue weighted by Gasteiger charge is 2.46. The Bertz CT molecular complexity index is 892. The van der Waals surface area contributed by atoms with Crippen molar-refractivity contribution in [3.63, 3.8) is 0 Å². The van der Waals surface area contributed by atoms with Crippen LogP contribution >= 0.6 is 11.3 Å². The lowest BCUT2D eigenvalue weighted by atomic mass is 9.89. The molecule has 4 rings (SSSR count). The van der Waals surface area contributed by atoms with Gasteiger partial charge >= 0.3 is 0 Å². The Hall–Kier alpha value is -2.61. The molecule has 0 saturated carbocycles. The number of nitrogens with one attached hydrogen (secondary N) is 1. The normalized spacial score (nSPS) is 18.4. The summed E-state index contributed by atoms with van der Waals surface area (Å²) in [6, 6.07) is 5.38. The molecule has 0 bridgehead atoms. The number of ketones is 1. The van der Waals surface area contributed by atoms with E-state index in [9.17, 15) is 14.4 Å². The number of carbonyl (C=O) groups is 3. The number of nitrogens with zero attached hydrogens (tertiary/aromatic N) is 3. The highest BCUT2D eigenvalue weighted by Crippen LogP contribution is 2.38. The third-order valence-corrected chi connectivity index (χ3v) is 5.36. The van der Waals surface area contributed by atoms with Gasteiger partial charge in [-0.05, 0) is 24.5 Å². The maximum atomic E-state index is 12.8. The Labute approximate surface area is 148 Å². The molecular formula is C17H16N4O3S. The molecule has 128 valence electrons. The van der Waals surface area contributed by atoms with Crippen LogP contribution in [-0.4, -0.2) is 34.3 Å². The van der Waals surface area contributed by atoms with Crippen molar-refractivity contribution in [3.8, 4) is 0 Å². The van der Waals surface area contributed by atoms with Crippen LogP contribution in [0.1, 0.15) is 34.3 Å². The maximum absolute atomic E-state index is 12.8. The molecule has 2 aromatic rings. The molecule has 0 fully saturated rings. The van der Waals surface area contributed by atoms with Gasteiger partial charge in [0.25, 0.3) is 0 Å². The van der Waals surface area contributed by atoms with E-state index in [-0.39, 0.29) is 0 Å². The van der Waals surface area contributed by atoms with Crippen LogP contribution in [0.2, 0.25) is 0 Å². The number of anilines is 2. The molecule has 1 aromatic heterocycles. The molecule has 2 amide bonds. The van der Waals surface area contributed by atoms with Gasteiger partial charge in [-0.25, -0.2) is 0 Å². The van der Waals surface area contributed by atoms with Crippen LogP contribution in [-0.2, 0) is 22.4 Å². The first-order valence-electron chi connectivity index (χ1n) is 8.21. The van der Waals surface area contributed by atoms with Gasteiger partial charge in [0.1, 0.15) is 5.01 Å². The molecule has 25 heavy (non-hydrogen) atoms. The van der Waals surface area contributed by atoms with Crippen LogP contribution in [0, 0.1) is 5.92 Å². The topological polar surface area (TPSA) is 92.3 Å². The summed E-state index contributed by atoms with van der Waals surface area (Å²) in [5.41, 5.74) is 2.09. The molecule has 2 aliphatic heterocycles. The standard InChI is InChI=1S/C17H16N4O3S/c1-2-4-11-19-20-17(25-11)18-15(23)12-14(22)10-6-3-5-9-7-8-21(13(9)10)16(12)24/h3,5-6,12H,2,4,7-8H2,1H3,(H,18,20,23). The van der Waals surface area contributed by atoms with Gasteiger partial charge in [0.15, 0.2) is 11.7 Å². The van der Waals surface area contributed by atoms with Gasteiger partial charge in [0.05, 0.1) is 5.69 Å². The Morgan fingerprint density at radius 2 is 2.20 bits per heavy atom. The van der Waals surface area contributed by atoms with E-state index in [2.05, 4.69) is 15.5 Å². The zero-order valence-corrected chi connectivity index (χ0v) is 14.4. The van der Waals surface area contributed by atoms with Gasteiger partial charge in [-0.15, -0.1) is 10.2 Å². The van der Waals surface area contributed by atoms with Crippen LogP contribution in [0.5, 0.6) is 0 Å². The van der Waals surface area contributed by atoms with Crippen LogP contribution in [0.15, 0.2) is 18.2 Å². The van der Waals surface area contributed by atoms with Crippen molar-refractivity contribution < 1.29 is 14.4 Å². The molecule has 2 aliphatic rings. The van der Waals surface area contributed by atoms with E-state index in [1.165, 1.54) is 11.3 Å². The summed E-state index contributed by atoms with van der Waals surface area (Å²) in [5, 5.41) is 11.6.